The first-order valence-electron chi connectivity index (χ1n) is 8.07. The predicted octanol–water partition coefficient (Wildman–Crippen LogP) is 1.33. The minimum Gasteiger partial charge on any atom is -0.378 e. The molecule has 6 nitrogen and oxygen atoms in total. The zero-order valence-electron chi connectivity index (χ0n) is 13.6. The van der Waals surface area contributed by atoms with Gasteiger partial charge in [0.25, 0.3) is 5.56 Å². The summed E-state index contributed by atoms with van der Waals surface area (Å²) in [6.45, 7) is 6.89. The fraction of sp³-hybridized carbons (Fsp3) is 0.688. The van der Waals surface area contributed by atoms with Crippen molar-refractivity contribution in [3.8, 4) is 0 Å². The predicted molar refractivity (Wildman–Crippen MR) is 83.6 cm³/mol. The average Bonchev–Trinajstić information content (AvgIpc) is 2.53. The lowest BCUT2D eigenvalue weighted by Crippen LogP contribution is -2.40. The smallest absolute Gasteiger partial charge is 0.269 e. The van der Waals surface area contributed by atoms with Crippen LogP contribution in [0.3, 0.4) is 0 Å². The lowest BCUT2D eigenvalue weighted by atomic mass is 9.94. The van der Waals surface area contributed by atoms with E-state index in [0.717, 1.165) is 43.5 Å². The van der Waals surface area contributed by atoms with Gasteiger partial charge in [-0.2, -0.15) is 5.10 Å². The second-order valence-corrected chi connectivity index (χ2v) is 5.71. The number of amides is 1. The quantitative estimate of drug-likeness (QED) is 0.859. The van der Waals surface area contributed by atoms with Crippen molar-refractivity contribution in [2.45, 2.75) is 59.1 Å². The maximum atomic E-state index is 12.3. The second-order valence-electron chi connectivity index (χ2n) is 5.71. The molecule has 122 valence electrons. The topological polar surface area (TPSA) is 84.1 Å². The van der Waals surface area contributed by atoms with Gasteiger partial charge in [-0.15, -0.1) is 0 Å². The highest BCUT2D eigenvalue weighted by Crippen LogP contribution is 2.20. The van der Waals surface area contributed by atoms with E-state index in [4.69, 9.17) is 4.74 Å². The van der Waals surface area contributed by atoms with Crippen LogP contribution in [0.5, 0.6) is 0 Å². The Hall–Kier alpha value is -1.69. The Morgan fingerprint density at radius 2 is 2.14 bits per heavy atom. The van der Waals surface area contributed by atoms with Crippen molar-refractivity contribution in [3.05, 3.63) is 27.2 Å². The zero-order chi connectivity index (χ0) is 16.1. The van der Waals surface area contributed by atoms with E-state index < -0.39 is 0 Å². The number of hydrogen-bond acceptors (Lipinski definition) is 4. The van der Waals surface area contributed by atoms with Gasteiger partial charge < -0.3 is 10.1 Å². The summed E-state index contributed by atoms with van der Waals surface area (Å²) >= 11 is 0. The fourth-order valence-corrected chi connectivity index (χ4v) is 3.04. The molecule has 22 heavy (non-hydrogen) atoms. The molecule has 1 aliphatic rings. The number of aryl methyl sites for hydroxylation is 1. The van der Waals surface area contributed by atoms with E-state index in [1.165, 1.54) is 0 Å². The minimum atomic E-state index is -0.220. The number of carbonyl (C=O) groups excluding carboxylic acids is 1. The summed E-state index contributed by atoms with van der Waals surface area (Å²) in [6.07, 6.45) is 3.16. The van der Waals surface area contributed by atoms with Crippen LogP contribution in [-0.2, 0) is 28.9 Å². The number of ether oxygens (including phenoxy) is 1. The van der Waals surface area contributed by atoms with Crippen molar-refractivity contribution in [2.75, 3.05) is 6.61 Å². The van der Waals surface area contributed by atoms with Crippen LogP contribution in [0.2, 0.25) is 0 Å². The minimum absolute atomic E-state index is 0.0384. The third-order valence-electron chi connectivity index (χ3n) is 4.35. The first-order chi connectivity index (χ1) is 10.6. The van der Waals surface area contributed by atoms with Gasteiger partial charge in [0.05, 0.1) is 17.7 Å². The SMILES string of the molecule is CCc1n[nH]c(=O)c(CNC(=O)[C@@H]2CCCO[C@H]2C)c1CC. The number of nitrogens with one attached hydrogen (secondary N) is 2. The first-order valence-corrected chi connectivity index (χ1v) is 8.07. The number of H-pyrrole nitrogens is 1. The molecule has 0 spiro atoms. The molecule has 1 amide bonds. The molecule has 2 rings (SSSR count). The average molecular weight is 307 g/mol. The highest BCUT2D eigenvalue weighted by Gasteiger charge is 2.28. The molecule has 0 aliphatic carbocycles. The van der Waals surface area contributed by atoms with Gasteiger partial charge in [0.2, 0.25) is 5.91 Å². The number of aromatic amines is 1. The highest BCUT2D eigenvalue weighted by molar-refractivity contribution is 5.79. The number of hydrogen-bond donors (Lipinski definition) is 2. The van der Waals surface area contributed by atoms with E-state index in [1.54, 1.807) is 0 Å². The van der Waals surface area contributed by atoms with Crippen molar-refractivity contribution in [2.24, 2.45) is 5.92 Å². The van der Waals surface area contributed by atoms with Crippen molar-refractivity contribution >= 4 is 5.91 Å². The van der Waals surface area contributed by atoms with Gasteiger partial charge in [-0.05, 0) is 38.2 Å². The van der Waals surface area contributed by atoms with Crippen LogP contribution in [0.1, 0.15) is 50.4 Å². The second kappa shape index (κ2) is 7.54. The Labute approximate surface area is 130 Å². The molecule has 1 aliphatic heterocycles. The summed E-state index contributed by atoms with van der Waals surface area (Å²) in [5.74, 6) is -0.172. The van der Waals surface area contributed by atoms with E-state index in [0.29, 0.717) is 5.56 Å². The molecule has 0 radical (unpaired) electrons. The van der Waals surface area contributed by atoms with E-state index in [2.05, 4.69) is 15.5 Å². The van der Waals surface area contributed by atoms with Gasteiger partial charge in [0.15, 0.2) is 0 Å². The molecule has 6 heteroatoms. The molecule has 1 fully saturated rings. The number of rotatable bonds is 5. The van der Waals surface area contributed by atoms with Crippen LogP contribution in [0, 0.1) is 5.92 Å². The number of carbonyl (C=O) groups is 1. The van der Waals surface area contributed by atoms with E-state index in [9.17, 15) is 9.59 Å². The Bertz CT molecular complexity index is 582. The Kier molecular flexibility index (Phi) is 5.71. The molecule has 0 unspecified atom stereocenters. The summed E-state index contributed by atoms with van der Waals surface area (Å²) in [7, 11) is 0. The Morgan fingerprint density at radius 1 is 1.36 bits per heavy atom. The Balaban J connectivity index is 2.11. The molecule has 1 saturated heterocycles. The standard InChI is InChI=1S/C16H25N3O3/c1-4-11-13(16(21)19-18-14(11)5-2)9-17-15(20)12-7-6-8-22-10(12)3/h10,12H,4-9H2,1-3H3,(H,17,20)(H,19,21)/t10-,12+/m0/s1. The van der Waals surface area contributed by atoms with Crippen LogP contribution >= 0.6 is 0 Å². The molecule has 2 atom stereocenters. The lowest BCUT2D eigenvalue weighted by molar-refractivity contribution is -0.133. The van der Waals surface area contributed by atoms with Crippen LogP contribution in [0.4, 0.5) is 0 Å². The first kappa shape index (κ1) is 16.7. The molecule has 1 aromatic heterocycles. The maximum absolute atomic E-state index is 12.3. The Morgan fingerprint density at radius 3 is 2.77 bits per heavy atom. The third kappa shape index (κ3) is 3.55. The summed E-state index contributed by atoms with van der Waals surface area (Å²) < 4.78 is 5.53. The molecule has 1 aromatic rings. The van der Waals surface area contributed by atoms with Gasteiger partial charge in [-0.1, -0.05) is 13.8 Å². The van der Waals surface area contributed by atoms with Gasteiger partial charge in [0, 0.05) is 18.7 Å². The van der Waals surface area contributed by atoms with Crippen LogP contribution < -0.4 is 10.9 Å². The summed E-state index contributed by atoms with van der Waals surface area (Å²) in [4.78, 5) is 24.4. The summed E-state index contributed by atoms with van der Waals surface area (Å²) in [5, 5.41) is 9.51. The fourth-order valence-electron chi connectivity index (χ4n) is 3.04. The van der Waals surface area contributed by atoms with Crippen LogP contribution in [-0.4, -0.2) is 28.8 Å². The van der Waals surface area contributed by atoms with Gasteiger partial charge in [-0.3, -0.25) is 9.59 Å². The van der Waals surface area contributed by atoms with Gasteiger partial charge >= 0.3 is 0 Å². The lowest BCUT2D eigenvalue weighted by Gasteiger charge is -2.28. The number of aromatic nitrogens is 2. The third-order valence-corrected chi connectivity index (χ3v) is 4.35. The van der Waals surface area contributed by atoms with Crippen molar-refractivity contribution in [3.63, 3.8) is 0 Å². The molecule has 2 heterocycles. The molecular weight excluding hydrogens is 282 g/mol. The largest absolute Gasteiger partial charge is 0.378 e. The molecule has 0 aromatic carbocycles. The normalized spacial score (nSPS) is 21.6. The van der Waals surface area contributed by atoms with Crippen LogP contribution in [0.15, 0.2) is 4.79 Å². The van der Waals surface area contributed by atoms with E-state index in [1.807, 2.05) is 20.8 Å². The van der Waals surface area contributed by atoms with Crippen molar-refractivity contribution in [1.82, 2.24) is 15.5 Å². The summed E-state index contributed by atoms with van der Waals surface area (Å²) in [5.41, 5.74) is 2.23. The zero-order valence-corrected chi connectivity index (χ0v) is 13.6. The maximum Gasteiger partial charge on any atom is 0.269 e. The van der Waals surface area contributed by atoms with Crippen LogP contribution in [0.25, 0.3) is 0 Å². The van der Waals surface area contributed by atoms with E-state index >= 15 is 0 Å². The summed E-state index contributed by atoms with van der Waals surface area (Å²) in [6, 6.07) is 0. The van der Waals surface area contributed by atoms with Gasteiger partial charge in [-0.25, -0.2) is 5.10 Å². The monoisotopic (exact) mass is 307 g/mol. The molecule has 0 saturated carbocycles. The molecule has 0 bridgehead atoms. The highest BCUT2D eigenvalue weighted by atomic mass is 16.5. The molecular formula is C16H25N3O3. The molecule has 2 N–H and O–H groups in total. The van der Waals surface area contributed by atoms with E-state index in [-0.39, 0.29) is 30.0 Å². The van der Waals surface area contributed by atoms with Crippen molar-refractivity contribution < 1.29 is 9.53 Å². The van der Waals surface area contributed by atoms with Gasteiger partial charge in [0.1, 0.15) is 0 Å². The number of nitrogens with zero attached hydrogens (tertiary/aromatic N) is 1. The van der Waals surface area contributed by atoms with Crippen molar-refractivity contribution in [1.29, 1.82) is 0 Å².